The predicted octanol–water partition coefficient (Wildman–Crippen LogP) is 3.17. The summed E-state index contributed by atoms with van der Waals surface area (Å²) in [5, 5.41) is 5.92. The van der Waals surface area contributed by atoms with Crippen LogP contribution in [0.15, 0.2) is 41.4 Å². The smallest absolute Gasteiger partial charge is 0.191 e. The maximum Gasteiger partial charge on any atom is 0.191 e. The normalized spacial score (nSPS) is 11.7. The second kappa shape index (κ2) is 11.4. The minimum atomic E-state index is -3.27. The van der Waals surface area contributed by atoms with Crippen LogP contribution in [-0.2, 0) is 28.6 Å². The van der Waals surface area contributed by atoms with Gasteiger partial charge in [0.25, 0.3) is 0 Å². The van der Waals surface area contributed by atoms with Gasteiger partial charge in [-0.3, -0.25) is 4.99 Å². The van der Waals surface area contributed by atoms with Crippen LogP contribution >= 0.6 is 24.0 Å². The molecule has 29 heavy (non-hydrogen) atoms. The molecule has 10 heteroatoms. The molecule has 0 aromatic heterocycles. The molecule has 2 aromatic carbocycles. The third-order valence-corrected chi connectivity index (χ3v) is 4.81. The Labute approximate surface area is 185 Å². The van der Waals surface area contributed by atoms with Gasteiger partial charge in [0.15, 0.2) is 27.4 Å². The van der Waals surface area contributed by atoms with Crippen LogP contribution in [0.2, 0.25) is 0 Å². The maximum absolute atomic E-state index is 13.7. The quantitative estimate of drug-likeness (QED) is 0.321. The number of rotatable bonds is 7. The minimum Gasteiger partial charge on any atom is -0.356 e. The van der Waals surface area contributed by atoms with Crippen molar-refractivity contribution in [2.75, 3.05) is 19.8 Å². The Hall–Kier alpha value is -1.82. The Morgan fingerprint density at radius 3 is 2.41 bits per heavy atom. The molecular formula is C19H23F3IN3O2S. The van der Waals surface area contributed by atoms with Gasteiger partial charge in [0.2, 0.25) is 0 Å². The lowest BCUT2D eigenvalue weighted by Gasteiger charge is -2.14. The van der Waals surface area contributed by atoms with Gasteiger partial charge in [-0.2, -0.15) is 0 Å². The number of hydrogen-bond donors (Lipinski definition) is 2. The molecule has 0 heterocycles. The average Bonchev–Trinajstić information content (AvgIpc) is 2.62. The van der Waals surface area contributed by atoms with E-state index in [-0.39, 0.29) is 48.3 Å². The summed E-state index contributed by atoms with van der Waals surface area (Å²) in [4.78, 5) is 4.02. The lowest BCUT2D eigenvalue weighted by atomic mass is 10.1. The molecule has 0 aliphatic heterocycles. The molecule has 2 N–H and O–H groups in total. The van der Waals surface area contributed by atoms with E-state index in [2.05, 4.69) is 15.6 Å². The predicted molar refractivity (Wildman–Crippen MR) is 119 cm³/mol. The van der Waals surface area contributed by atoms with Gasteiger partial charge >= 0.3 is 0 Å². The Kier molecular flexibility index (Phi) is 9.90. The first-order chi connectivity index (χ1) is 13.2. The molecule has 0 aliphatic carbocycles. The molecule has 0 saturated heterocycles. The van der Waals surface area contributed by atoms with Crippen molar-refractivity contribution < 1.29 is 21.6 Å². The molecule has 2 aromatic rings. The van der Waals surface area contributed by atoms with Crippen molar-refractivity contribution >= 4 is 39.8 Å². The van der Waals surface area contributed by atoms with Crippen LogP contribution in [0.1, 0.15) is 16.7 Å². The average molecular weight is 541 g/mol. The summed E-state index contributed by atoms with van der Waals surface area (Å²) in [7, 11) is -1.74. The Morgan fingerprint density at radius 2 is 1.76 bits per heavy atom. The second-order valence-electron chi connectivity index (χ2n) is 6.30. The standard InChI is InChI=1S/C19H22F3N3O2S.HI/c1-23-19(24-9-8-13-4-3-5-17(21)18(13)22)25-11-15-10-16(20)7-6-14(15)12-28(2,26)27;/h3-7,10H,8-9,11-12H2,1-2H3,(H2,23,24,25);1H. The van der Waals surface area contributed by atoms with Crippen LogP contribution in [0.4, 0.5) is 13.2 Å². The van der Waals surface area contributed by atoms with Gasteiger partial charge in [-0.05, 0) is 41.3 Å². The molecule has 160 valence electrons. The highest BCUT2D eigenvalue weighted by Crippen LogP contribution is 2.14. The first-order valence-electron chi connectivity index (χ1n) is 8.52. The first kappa shape index (κ1) is 25.2. The number of guanidine groups is 1. The van der Waals surface area contributed by atoms with Crippen LogP contribution in [0, 0.1) is 17.5 Å². The highest BCUT2D eigenvalue weighted by atomic mass is 127. The van der Waals surface area contributed by atoms with Crippen LogP contribution in [0.25, 0.3) is 0 Å². The lowest BCUT2D eigenvalue weighted by Crippen LogP contribution is -2.38. The monoisotopic (exact) mass is 541 g/mol. The van der Waals surface area contributed by atoms with E-state index in [0.717, 1.165) is 12.3 Å². The molecule has 2 rings (SSSR count). The molecule has 0 fully saturated rings. The van der Waals surface area contributed by atoms with Crippen LogP contribution in [-0.4, -0.2) is 34.2 Å². The fraction of sp³-hybridized carbons (Fsp3) is 0.316. The zero-order valence-electron chi connectivity index (χ0n) is 16.0. The van der Waals surface area contributed by atoms with Gasteiger partial charge in [0.05, 0.1) is 5.75 Å². The minimum absolute atomic E-state index is 0. The molecule has 0 amide bonds. The van der Waals surface area contributed by atoms with Crippen LogP contribution in [0.3, 0.4) is 0 Å². The molecule has 0 unspecified atom stereocenters. The van der Waals surface area contributed by atoms with E-state index in [9.17, 15) is 21.6 Å². The number of benzene rings is 2. The molecule has 0 radical (unpaired) electrons. The third-order valence-electron chi connectivity index (χ3n) is 3.97. The molecule has 0 saturated carbocycles. The van der Waals surface area contributed by atoms with Gasteiger partial charge < -0.3 is 10.6 Å². The van der Waals surface area contributed by atoms with E-state index in [1.165, 1.54) is 37.4 Å². The van der Waals surface area contributed by atoms with Crippen LogP contribution in [0.5, 0.6) is 0 Å². The summed E-state index contributed by atoms with van der Waals surface area (Å²) in [6, 6.07) is 7.91. The summed E-state index contributed by atoms with van der Waals surface area (Å²) in [5.74, 6) is -2.08. The van der Waals surface area contributed by atoms with Crippen molar-refractivity contribution in [2.45, 2.75) is 18.7 Å². The molecule has 0 aliphatic rings. The summed E-state index contributed by atoms with van der Waals surface area (Å²) < 4.78 is 63.5. The highest BCUT2D eigenvalue weighted by molar-refractivity contribution is 14.0. The van der Waals surface area contributed by atoms with E-state index >= 15 is 0 Å². The Morgan fingerprint density at radius 1 is 1.03 bits per heavy atom. The van der Waals surface area contributed by atoms with Gasteiger partial charge in [-0.1, -0.05) is 18.2 Å². The molecule has 0 atom stereocenters. The van der Waals surface area contributed by atoms with E-state index < -0.39 is 27.3 Å². The van der Waals surface area contributed by atoms with Crippen molar-refractivity contribution in [1.82, 2.24) is 10.6 Å². The van der Waals surface area contributed by atoms with Crippen molar-refractivity contribution in [2.24, 2.45) is 4.99 Å². The van der Waals surface area contributed by atoms with Crippen LogP contribution < -0.4 is 10.6 Å². The van der Waals surface area contributed by atoms with Gasteiger partial charge in [-0.15, -0.1) is 24.0 Å². The van der Waals surface area contributed by atoms with E-state index in [0.29, 0.717) is 23.6 Å². The first-order valence-corrected chi connectivity index (χ1v) is 10.6. The second-order valence-corrected chi connectivity index (χ2v) is 8.44. The largest absolute Gasteiger partial charge is 0.356 e. The summed E-state index contributed by atoms with van der Waals surface area (Å²) in [6.45, 7) is 0.440. The van der Waals surface area contributed by atoms with E-state index in [1.807, 2.05) is 0 Å². The fourth-order valence-electron chi connectivity index (χ4n) is 2.64. The van der Waals surface area contributed by atoms with Gasteiger partial charge in [-0.25, -0.2) is 21.6 Å². The zero-order chi connectivity index (χ0) is 20.7. The fourth-order valence-corrected chi connectivity index (χ4v) is 3.49. The molecule has 5 nitrogen and oxygen atoms in total. The summed E-state index contributed by atoms with van der Waals surface area (Å²) in [6.07, 6.45) is 1.35. The van der Waals surface area contributed by atoms with E-state index in [4.69, 9.17) is 0 Å². The van der Waals surface area contributed by atoms with E-state index in [1.54, 1.807) is 0 Å². The highest BCUT2D eigenvalue weighted by Gasteiger charge is 2.12. The van der Waals surface area contributed by atoms with Crippen molar-refractivity contribution in [1.29, 1.82) is 0 Å². The van der Waals surface area contributed by atoms with Gasteiger partial charge in [0.1, 0.15) is 5.82 Å². The van der Waals surface area contributed by atoms with Crippen molar-refractivity contribution in [3.63, 3.8) is 0 Å². The number of sulfone groups is 1. The number of hydrogen-bond acceptors (Lipinski definition) is 3. The van der Waals surface area contributed by atoms with Crippen molar-refractivity contribution in [3.05, 3.63) is 70.5 Å². The number of nitrogens with one attached hydrogen (secondary N) is 2. The molecule has 0 bridgehead atoms. The topological polar surface area (TPSA) is 70.6 Å². The lowest BCUT2D eigenvalue weighted by molar-refractivity contribution is 0.498. The third kappa shape index (κ3) is 8.21. The number of nitrogens with zero attached hydrogens (tertiary/aromatic N) is 1. The van der Waals surface area contributed by atoms with Crippen molar-refractivity contribution in [3.8, 4) is 0 Å². The Bertz CT molecular complexity index is 969. The molecular weight excluding hydrogens is 518 g/mol. The summed E-state index contributed by atoms with van der Waals surface area (Å²) >= 11 is 0. The number of aliphatic imine (C=N–C) groups is 1. The molecule has 0 spiro atoms. The maximum atomic E-state index is 13.7. The summed E-state index contributed by atoms with van der Waals surface area (Å²) in [5.41, 5.74) is 1.22. The van der Waals surface area contributed by atoms with Gasteiger partial charge in [0, 0.05) is 26.4 Å². The Balaban J connectivity index is 0.00000420. The SMILES string of the molecule is CN=C(NCCc1cccc(F)c1F)NCc1cc(F)ccc1CS(C)(=O)=O.I. The number of halogens is 4. The zero-order valence-corrected chi connectivity index (χ0v) is 19.2.